The minimum Gasteiger partial charge on any atom is -0.508 e. The van der Waals surface area contributed by atoms with Gasteiger partial charge >= 0.3 is 20.0 Å². The first-order valence-corrected chi connectivity index (χ1v) is 20.7. The lowest BCUT2D eigenvalue weighted by Crippen LogP contribution is -2.67. The molecular formula is C41H46FN5O5SSi. The van der Waals surface area contributed by atoms with E-state index in [4.69, 9.17) is 9.16 Å². The fraction of sp³-hybridized carbons (Fsp3) is 0.341. The van der Waals surface area contributed by atoms with Crippen LogP contribution in [0, 0.1) is 18.7 Å². The van der Waals surface area contributed by atoms with Gasteiger partial charge in [-0.15, -0.1) is 4.80 Å². The molecule has 3 heterocycles. The van der Waals surface area contributed by atoms with Crippen LogP contribution in [0.25, 0.3) is 15.2 Å². The second kappa shape index (κ2) is 15.3. The zero-order valence-electron chi connectivity index (χ0n) is 31.9. The number of fused-ring (bicyclic) bond motifs is 1. The fourth-order valence-electron chi connectivity index (χ4n) is 7.47. The molecule has 0 radical (unpaired) electrons. The van der Waals surface area contributed by atoms with Crippen molar-refractivity contribution in [2.75, 3.05) is 7.11 Å². The summed E-state index contributed by atoms with van der Waals surface area (Å²) in [4.78, 5) is 46.1. The van der Waals surface area contributed by atoms with Gasteiger partial charge in [0.05, 0.1) is 24.9 Å². The minimum absolute atomic E-state index is 0.0794. The second-order valence-electron chi connectivity index (χ2n) is 15.1. The maximum Gasteiger partial charge on any atom is 0.332 e. The molecule has 10 nitrogen and oxygen atoms in total. The van der Waals surface area contributed by atoms with Crippen molar-refractivity contribution in [1.82, 2.24) is 24.1 Å². The molecule has 0 aliphatic rings. The van der Waals surface area contributed by atoms with Crippen LogP contribution >= 0.6 is 11.3 Å². The van der Waals surface area contributed by atoms with Crippen molar-refractivity contribution in [1.29, 1.82) is 0 Å². The molecule has 0 fully saturated rings. The SMILES string of the molecule is COc1ccc(F)cc1[C@@H](CC(C)C)Cn1c(=O)n([C@@H](C)C(=O)O[Si](c2ccccc2)(c2ccccc2)C(C)(C)C)c(=O)c2c(C)c(-n3nccn3)sc21. The summed E-state index contributed by atoms with van der Waals surface area (Å²) in [5.74, 6) is -0.863. The topological polar surface area (TPSA) is 110 Å². The number of hydrogen-bond donors (Lipinski definition) is 0. The summed E-state index contributed by atoms with van der Waals surface area (Å²) in [5, 5.41) is 10.7. The van der Waals surface area contributed by atoms with Crippen molar-refractivity contribution in [2.24, 2.45) is 5.92 Å². The van der Waals surface area contributed by atoms with Crippen LogP contribution < -0.4 is 26.4 Å². The largest absolute Gasteiger partial charge is 0.508 e. The third kappa shape index (κ3) is 6.97. The van der Waals surface area contributed by atoms with Gasteiger partial charge in [-0.3, -0.25) is 14.2 Å². The van der Waals surface area contributed by atoms with E-state index in [0.717, 1.165) is 14.9 Å². The van der Waals surface area contributed by atoms with Crippen LogP contribution in [0.5, 0.6) is 5.75 Å². The third-order valence-corrected chi connectivity index (χ3v) is 16.2. The van der Waals surface area contributed by atoms with Crippen LogP contribution in [0.15, 0.2) is 101 Å². The number of hydrogen-bond acceptors (Lipinski definition) is 8. The van der Waals surface area contributed by atoms with Crippen molar-refractivity contribution < 1.29 is 18.3 Å². The Morgan fingerprint density at radius 2 is 1.52 bits per heavy atom. The van der Waals surface area contributed by atoms with E-state index >= 15 is 0 Å². The average Bonchev–Trinajstić information content (AvgIpc) is 3.80. The molecule has 13 heteroatoms. The molecule has 0 aliphatic heterocycles. The highest BCUT2D eigenvalue weighted by atomic mass is 32.1. The molecular weight excluding hydrogens is 722 g/mol. The van der Waals surface area contributed by atoms with E-state index in [1.807, 2.05) is 60.7 Å². The minimum atomic E-state index is -3.40. The Morgan fingerprint density at radius 3 is 2.06 bits per heavy atom. The van der Waals surface area contributed by atoms with E-state index in [1.165, 1.54) is 59.3 Å². The maximum atomic E-state index is 14.9. The first kappa shape index (κ1) is 38.6. The Morgan fingerprint density at radius 1 is 0.926 bits per heavy atom. The molecule has 0 bridgehead atoms. The predicted octanol–water partition coefficient (Wildman–Crippen LogP) is 6.76. The Bertz CT molecular complexity index is 2350. The predicted molar refractivity (Wildman–Crippen MR) is 214 cm³/mol. The van der Waals surface area contributed by atoms with Gasteiger partial charge in [0.2, 0.25) is 0 Å². The Labute approximate surface area is 318 Å². The van der Waals surface area contributed by atoms with Crippen LogP contribution in [0.4, 0.5) is 4.39 Å². The van der Waals surface area contributed by atoms with E-state index < -0.39 is 48.4 Å². The molecule has 0 saturated carbocycles. The number of rotatable bonds is 12. The van der Waals surface area contributed by atoms with E-state index in [2.05, 4.69) is 44.8 Å². The van der Waals surface area contributed by atoms with Gasteiger partial charge in [-0.05, 0) is 59.8 Å². The number of aryl methyl sites for hydroxylation is 1. The first-order chi connectivity index (χ1) is 25.7. The van der Waals surface area contributed by atoms with E-state index in [9.17, 15) is 18.8 Å². The molecule has 0 aliphatic carbocycles. The highest BCUT2D eigenvalue weighted by Gasteiger charge is 2.53. The van der Waals surface area contributed by atoms with E-state index in [1.54, 1.807) is 13.0 Å². The number of aromatic nitrogens is 5. The van der Waals surface area contributed by atoms with Crippen LogP contribution in [0.3, 0.4) is 0 Å². The summed E-state index contributed by atoms with van der Waals surface area (Å²) in [7, 11) is -1.87. The van der Waals surface area contributed by atoms with Crippen LogP contribution in [-0.2, 0) is 15.8 Å². The standard InChI is InChI=1S/C41H46FN5O5SSi/c1-26(2)23-29(33-24-30(42)19-20-34(33)51-8)25-45-38-35(27(3)37(53-38)47-43-21-22-44-47)36(48)46(40(45)50)28(4)39(49)52-54(41(5,6)7,31-15-11-9-12-16-31)32-17-13-10-14-18-32/h9-22,24,26,28-29H,23,25H2,1-8H3/t28-,29-/m0/s1. The summed E-state index contributed by atoms with van der Waals surface area (Å²) in [5.41, 5.74) is -0.126. The highest BCUT2D eigenvalue weighted by molar-refractivity contribution is 7.21. The molecule has 0 saturated heterocycles. The monoisotopic (exact) mass is 767 g/mol. The molecule has 0 N–H and O–H groups in total. The lowest BCUT2D eigenvalue weighted by Gasteiger charge is -2.42. The first-order valence-electron chi connectivity index (χ1n) is 18.0. The van der Waals surface area contributed by atoms with Gasteiger partial charge in [0, 0.05) is 23.6 Å². The van der Waals surface area contributed by atoms with Crippen LogP contribution in [-0.4, -0.2) is 45.5 Å². The number of methoxy groups -OCH3 is 1. The Kier molecular flexibility index (Phi) is 10.9. The number of ether oxygens (including phenoxy) is 1. The van der Waals surface area contributed by atoms with Crippen LogP contribution in [0.1, 0.15) is 71.0 Å². The quantitative estimate of drug-likeness (QED) is 0.127. The number of thiophene rings is 1. The molecule has 2 atom stereocenters. The third-order valence-electron chi connectivity index (χ3n) is 10.0. The van der Waals surface area contributed by atoms with Crippen molar-refractivity contribution in [3.63, 3.8) is 0 Å². The lowest BCUT2D eigenvalue weighted by molar-refractivity contribution is -0.138. The molecule has 54 heavy (non-hydrogen) atoms. The summed E-state index contributed by atoms with van der Waals surface area (Å²) >= 11 is 1.22. The van der Waals surface area contributed by atoms with Gasteiger partial charge < -0.3 is 9.16 Å². The molecule has 6 rings (SSSR count). The lowest BCUT2D eigenvalue weighted by atomic mass is 9.89. The van der Waals surface area contributed by atoms with Gasteiger partial charge in [0.15, 0.2) is 0 Å². The summed E-state index contributed by atoms with van der Waals surface area (Å²) in [6, 6.07) is 22.5. The maximum absolute atomic E-state index is 14.9. The smallest absolute Gasteiger partial charge is 0.332 e. The van der Waals surface area contributed by atoms with Gasteiger partial charge in [-0.25, -0.2) is 13.8 Å². The number of halogens is 1. The van der Waals surface area contributed by atoms with Gasteiger partial charge in [0.25, 0.3) is 5.56 Å². The van der Waals surface area contributed by atoms with Crippen molar-refractivity contribution in [2.45, 2.75) is 78.4 Å². The Hall–Kier alpha value is -5.14. The number of carbonyl (C=O) groups is 1. The molecule has 3 aromatic heterocycles. The molecule has 0 spiro atoms. The van der Waals surface area contributed by atoms with Gasteiger partial charge in [0.1, 0.15) is 27.4 Å². The average molecular weight is 768 g/mol. The van der Waals surface area contributed by atoms with E-state index in [0.29, 0.717) is 33.1 Å². The molecule has 0 amide bonds. The zero-order chi connectivity index (χ0) is 38.9. The molecule has 282 valence electrons. The summed E-state index contributed by atoms with van der Waals surface area (Å²) in [6.07, 6.45) is 3.65. The highest BCUT2D eigenvalue weighted by Crippen LogP contribution is 2.39. The van der Waals surface area contributed by atoms with Crippen molar-refractivity contribution in [3.8, 4) is 10.8 Å². The second-order valence-corrected chi connectivity index (χ2v) is 20.3. The zero-order valence-corrected chi connectivity index (χ0v) is 33.7. The van der Waals surface area contributed by atoms with Gasteiger partial charge in [-0.1, -0.05) is 107 Å². The van der Waals surface area contributed by atoms with Crippen molar-refractivity contribution >= 4 is 46.2 Å². The Balaban J connectivity index is 1.57. The summed E-state index contributed by atoms with van der Waals surface area (Å²) in [6.45, 7) is 13.7. The fourth-order valence-corrected chi connectivity index (χ4v) is 13.1. The number of benzene rings is 3. The molecule has 6 aromatic rings. The normalized spacial score (nSPS) is 13.3. The summed E-state index contributed by atoms with van der Waals surface area (Å²) < 4.78 is 29.8. The van der Waals surface area contributed by atoms with Crippen molar-refractivity contribution in [3.05, 3.63) is 129 Å². The van der Waals surface area contributed by atoms with Gasteiger partial charge in [-0.2, -0.15) is 10.2 Å². The molecule has 0 unspecified atom stereocenters. The van der Waals surface area contributed by atoms with E-state index in [-0.39, 0.29) is 17.8 Å². The number of carbonyl (C=O) groups excluding carboxylic acids is 1. The molecule has 3 aromatic carbocycles. The van der Waals surface area contributed by atoms with Crippen LogP contribution in [0.2, 0.25) is 5.04 Å². The number of nitrogens with zero attached hydrogens (tertiary/aromatic N) is 5.